The van der Waals surface area contributed by atoms with Crippen molar-refractivity contribution < 1.29 is 9.53 Å². The van der Waals surface area contributed by atoms with Gasteiger partial charge in [0.25, 0.3) is 5.91 Å². The molecule has 0 aliphatic rings. The van der Waals surface area contributed by atoms with Crippen molar-refractivity contribution >= 4 is 45.2 Å². The standard InChI is InChI=1S/C21H18IN5O2/c1-23-21(28)19-11-16(7-8-24-19)29-15-5-6-17-18(10-15)27-20(26-17)12-25-14-4-2-3-13(22)9-14/h2-11,25H,12H2,1H3,(H,23,28)(H,26,27). The summed E-state index contributed by atoms with van der Waals surface area (Å²) >= 11 is 2.29. The molecule has 8 heteroatoms. The van der Waals surface area contributed by atoms with Gasteiger partial charge < -0.3 is 20.4 Å². The average molecular weight is 499 g/mol. The van der Waals surface area contributed by atoms with Gasteiger partial charge in [0.15, 0.2) is 0 Å². The number of rotatable bonds is 6. The Bertz CT molecular complexity index is 1170. The molecule has 0 aliphatic heterocycles. The van der Waals surface area contributed by atoms with Crippen LogP contribution in [0, 0.1) is 3.57 Å². The van der Waals surface area contributed by atoms with Crippen molar-refractivity contribution in [1.82, 2.24) is 20.3 Å². The van der Waals surface area contributed by atoms with E-state index in [2.05, 4.69) is 60.3 Å². The van der Waals surface area contributed by atoms with Gasteiger partial charge >= 0.3 is 0 Å². The normalized spacial score (nSPS) is 10.7. The van der Waals surface area contributed by atoms with E-state index >= 15 is 0 Å². The highest BCUT2D eigenvalue weighted by Crippen LogP contribution is 2.25. The highest BCUT2D eigenvalue weighted by Gasteiger charge is 2.09. The molecular formula is C21H18IN5O2. The molecule has 7 nitrogen and oxygen atoms in total. The molecule has 4 aromatic rings. The number of nitrogens with zero attached hydrogens (tertiary/aromatic N) is 2. The van der Waals surface area contributed by atoms with Crippen LogP contribution >= 0.6 is 22.6 Å². The van der Waals surface area contributed by atoms with Crippen molar-refractivity contribution in [3.63, 3.8) is 0 Å². The van der Waals surface area contributed by atoms with Crippen molar-refractivity contribution in [3.8, 4) is 11.5 Å². The lowest BCUT2D eigenvalue weighted by molar-refractivity contribution is 0.0958. The lowest BCUT2D eigenvalue weighted by Crippen LogP contribution is -2.18. The Hall–Kier alpha value is -3.14. The largest absolute Gasteiger partial charge is 0.457 e. The minimum atomic E-state index is -0.261. The summed E-state index contributed by atoms with van der Waals surface area (Å²) < 4.78 is 7.06. The number of anilines is 1. The molecule has 2 aromatic carbocycles. The quantitative estimate of drug-likeness (QED) is 0.344. The molecule has 1 amide bonds. The van der Waals surface area contributed by atoms with Crippen LogP contribution in [-0.4, -0.2) is 27.9 Å². The fourth-order valence-electron chi connectivity index (χ4n) is 2.83. The molecule has 4 rings (SSSR count). The van der Waals surface area contributed by atoms with E-state index in [4.69, 9.17) is 4.74 Å². The van der Waals surface area contributed by atoms with E-state index in [0.29, 0.717) is 23.7 Å². The summed E-state index contributed by atoms with van der Waals surface area (Å²) in [4.78, 5) is 23.7. The van der Waals surface area contributed by atoms with Crippen molar-refractivity contribution in [3.05, 3.63) is 75.9 Å². The molecular weight excluding hydrogens is 481 g/mol. The lowest BCUT2D eigenvalue weighted by Gasteiger charge is -2.06. The van der Waals surface area contributed by atoms with Gasteiger partial charge in [-0.15, -0.1) is 0 Å². The highest BCUT2D eigenvalue weighted by atomic mass is 127. The zero-order valence-corrected chi connectivity index (χ0v) is 17.7. The van der Waals surface area contributed by atoms with Crippen LogP contribution in [0.25, 0.3) is 11.0 Å². The smallest absolute Gasteiger partial charge is 0.269 e. The molecule has 146 valence electrons. The molecule has 0 bridgehead atoms. The minimum Gasteiger partial charge on any atom is -0.457 e. The monoisotopic (exact) mass is 499 g/mol. The number of carbonyl (C=O) groups is 1. The Morgan fingerprint density at radius 1 is 1.14 bits per heavy atom. The van der Waals surface area contributed by atoms with E-state index in [1.54, 1.807) is 25.4 Å². The van der Waals surface area contributed by atoms with Crippen LogP contribution < -0.4 is 15.4 Å². The average Bonchev–Trinajstić information content (AvgIpc) is 3.14. The zero-order valence-electron chi connectivity index (χ0n) is 15.6. The number of H-pyrrole nitrogens is 1. The maximum atomic E-state index is 11.7. The van der Waals surface area contributed by atoms with E-state index in [9.17, 15) is 4.79 Å². The first-order valence-corrected chi connectivity index (χ1v) is 10.0. The number of imidazole rings is 1. The van der Waals surface area contributed by atoms with Crippen LogP contribution in [0.4, 0.5) is 5.69 Å². The Kier molecular flexibility index (Phi) is 5.61. The van der Waals surface area contributed by atoms with Crippen molar-refractivity contribution in [2.24, 2.45) is 0 Å². The van der Waals surface area contributed by atoms with E-state index < -0.39 is 0 Å². The van der Waals surface area contributed by atoms with E-state index in [1.807, 2.05) is 30.3 Å². The number of aromatic amines is 1. The van der Waals surface area contributed by atoms with Gasteiger partial charge in [0.2, 0.25) is 0 Å². The van der Waals surface area contributed by atoms with Crippen molar-refractivity contribution in [1.29, 1.82) is 0 Å². The summed E-state index contributed by atoms with van der Waals surface area (Å²) in [6, 6.07) is 17.1. The third-order valence-corrected chi connectivity index (χ3v) is 4.89. The second-order valence-corrected chi connectivity index (χ2v) is 7.53. The third-order valence-electron chi connectivity index (χ3n) is 4.21. The highest BCUT2D eigenvalue weighted by molar-refractivity contribution is 14.1. The summed E-state index contributed by atoms with van der Waals surface area (Å²) in [7, 11) is 1.56. The van der Waals surface area contributed by atoms with Crippen LogP contribution in [0.2, 0.25) is 0 Å². The number of halogens is 1. The molecule has 0 atom stereocenters. The maximum absolute atomic E-state index is 11.7. The molecule has 0 saturated carbocycles. The topological polar surface area (TPSA) is 91.9 Å². The predicted octanol–water partition coefficient (Wildman–Crippen LogP) is 4.33. The maximum Gasteiger partial charge on any atom is 0.269 e. The summed E-state index contributed by atoms with van der Waals surface area (Å²) in [6.45, 7) is 0.588. The van der Waals surface area contributed by atoms with Gasteiger partial charge in [0.1, 0.15) is 23.0 Å². The number of benzene rings is 2. The van der Waals surface area contributed by atoms with E-state index in [0.717, 1.165) is 22.5 Å². The van der Waals surface area contributed by atoms with Crippen LogP contribution in [0.1, 0.15) is 16.3 Å². The summed E-state index contributed by atoms with van der Waals surface area (Å²) in [5.74, 6) is 1.74. The van der Waals surface area contributed by atoms with E-state index in [1.165, 1.54) is 3.57 Å². The molecule has 0 fully saturated rings. The second-order valence-electron chi connectivity index (χ2n) is 6.28. The lowest BCUT2D eigenvalue weighted by atomic mass is 10.3. The molecule has 0 unspecified atom stereocenters. The summed E-state index contributed by atoms with van der Waals surface area (Å²) in [5.41, 5.74) is 3.08. The predicted molar refractivity (Wildman–Crippen MR) is 120 cm³/mol. The molecule has 3 N–H and O–H groups in total. The number of pyridine rings is 1. The Morgan fingerprint density at radius 2 is 2.00 bits per heavy atom. The fourth-order valence-corrected chi connectivity index (χ4v) is 3.38. The first kappa shape index (κ1) is 19.2. The van der Waals surface area contributed by atoms with Crippen LogP contribution in [0.15, 0.2) is 60.8 Å². The second kappa shape index (κ2) is 8.48. The molecule has 0 saturated heterocycles. The van der Waals surface area contributed by atoms with Crippen LogP contribution in [0.5, 0.6) is 11.5 Å². The number of fused-ring (bicyclic) bond motifs is 1. The summed E-state index contributed by atoms with van der Waals surface area (Å²) in [5, 5.41) is 5.91. The molecule has 2 heterocycles. The van der Waals surface area contributed by atoms with Gasteiger partial charge in [-0.3, -0.25) is 9.78 Å². The van der Waals surface area contributed by atoms with Gasteiger partial charge in [0, 0.05) is 34.6 Å². The van der Waals surface area contributed by atoms with Gasteiger partial charge in [-0.1, -0.05) is 6.07 Å². The molecule has 0 radical (unpaired) electrons. The van der Waals surface area contributed by atoms with Crippen molar-refractivity contribution in [2.45, 2.75) is 6.54 Å². The minimum absolute atomic E-state index is 0.261. The van der Waals surface area contributed by atoms with Crippen molar-refractivity contribution in [2.75, 3.05) is 12.4 Å². The SMILES string of the molecule is CNC(=O)c1cc(Oc2ccc3[nH]c(CNc4cccc(I)c4)nc3c2)ccn1. The van der Waals surface area contributed by atoms with Crippen LogP contribution in [-0.2, 0) is 6.54 Å². The van der Waals surface area contributed by atoms with Gasteiger partial charge in [-0.05, 0) is 59.0 Å². The Balaban J connectivity index is 1.49. The Morgan fingerprint density at radius 3 is 2.83 bits per heavy atom. The Labute approximate surface area is 181 Å². The first-order chi connectivity index (χ1) is 14.1. The molecule has 2 aromatic heterocycles. The zero-order chi connectivity index (χ0) is 20.2. The first-order valence-electron chi connectivity index (χ1n) is 8.95. The number of nitrogens with one attached hydrogen (secondary N) is 3. The number of amides is 1. The fraction of sp³-hybridized carbons (Fsp3) is 0.0952. The molecule has 0 spiro atoms. The van der Waals surface area contributed by atoms with Crippen LogP contribution in [0.3, 0.4) is 0 Å². The number of aromatic nitrogens is 3. The number of carbonyl (C=O) groups excluding carboxylic acids is 1. The number of hydrogen-bond acceptors (Lipinski definition) is 5. The number of hydrogen-bond donors (Lipinski definition) is 3. The summed E-state index contributed by atoms with van der Waals surface area (Å²) in [6.07, 6.45) is 1.54. The molecule has 0 aliphatic carbocycles. The van der Waals surface area contributed by atoms with Gasteiger partial charge in [-0.25, -0.2) is 4.98 Å². The molecule has 29 heavy (non-hydrogen) atoms. The third kappa shape index (κ3) is 4.65. The van der Waals surface area contributed by atoms with Gasteiger partial charge in [0.05, 0.1) is 17.6 Å². The number of ether oxygens (including phenoxy) is 1. The van der Waals surface area contributed by atoms with Gasteiger partial charge in [-0.2, -0.15) is 0 Å². The van der Waals surface area contributed by atoms with E-state index in [-0.39, 0.29) is 5.91 Å².